The highest BCUT2D eigenvalue weighted by molar-refractivity contribution is 6.31. The van der Waals surface area contributed by atoms with Gasteiger partial charge in [-0.15, -0.1) is 0 Å². The van der Waals surface area contributed by atoms with Crippen molar-refractivity contribution in [3.05, 3.63) is 88.9 Å². The average Bonchev–Trinajstić information content (AvgIpc) is 2.83. The first-order valence-corrected chi connectivity index (χ1v) is 10.7. The summed E-state index contributed by atoms with van der Waals surface area (Å²) in [6, 6.07) is 22.9. The molecular formula is C25H25ClN2O3. The van der Waals surface area contributed by atoms with E-state index in [-0.39, 0.29) is 5.91 Å². The SMILES string of the molecule is COc1ccccc1N1CCN(C(=O)c2ccc(OCc3ccccc3Cl)cc2)CC1. The molecule has 0 saturated carbocycles. The number of ether oxygens (including phenoxy) is 2. The Labute approximate surface area is 187 Å². The van der Waals surface area contributed by atoms with Gasteiger partial charge in [-0.25, -0.2) is 0 Å². The molecule has 1 heterocycles. The summed E-state index contributed by atoms with van der Waals surface area (Å²) in [7, 11) is 1.68. The van der Waals surface area contributed by atoms with E-state index in [1.165, 1.54) is 0 Å². The molecule has 1 aliphatic heterocycles. The number of piperazine rings is 1. The van der Waals surface area contributed by atoms with Gasteiger partial charge in [0.2, 0.25) is 0 Å². The van der Waals surface area contributed by atoms with Gasteiger partial charge in [-0.1, -0.05) is 41.9 Å². The number of anilines is 1. The van der Waals surface area contributed by atoms with Crippen molar-refractivity contribution >= 4 is 23.2 Å². The Hall–Kier alpha value is -3.18. The molecule has 1 saturated heterocycles. The molecule has 3 aromatic rings. The number of halogens is 1. The molecule has 0 bridgehead atoms. The average molecular weight is 437 g/mol. The number of hydrogen-bond donors (Lipinski definition) is 0. The molecule has 160 valence electrons. The first kappa shape index (κ1) is 21.1. The van der Waals surface area contributed by atoms with Crippen LogP contribution in [0.3, 0.4) is 0 Å². The number of amides is 1. The normalized spacial score (nSPS) is 13.7. The van der Waals surface area contributed by atoms with E-state index in [4.69, 9.17) is 21.1 Å². The van der Waals surface area contributed by atoms with Gasteiger partial charge in [-0.3, -0.25) is 4.79 Å². The molecule has 0 atom stereocenters. The highest BCUT2D eigenvalue weighted by Gasteiger charge is 2.23. The minimum absolute atomic E-state index is 0.0392. The zero-order valence-corrected chi connectivity index (χ0v) is 18.2. The lowest BCUT2D eigenvalue weighted by Gasteiger charge is -2.36. The summed E-state index contributed by atoms with van der Waals surface area (Å²) in [5.74, 6) is 1.60. The van der Waals surface area contributed by atoms with Crippen LogP contribution >= 0.6 is 11.6 Å². The zero-order chi connectivity index (χ0) is 21.6. The van der Waals surface area contributed by atoms with E-state index in [1.807, 2.05) is 71.6 Å². The van der Waals surface area contributed by atoms with Crippen LogP contribution < -0.4 is 14.4 Å². The van der Waals surface area contributed by atoms with E-state index in [1.54, 1.807) is 7.11 Å². The molecule has 3 aromatic carbocycles. The summed E-state index contributed by atoms with van der Waals surface area (Å²) in [6.07, 6.45) is 0. The van der Waals surface area contributed by atoms with Crippen molar-refractivity contribution in [2.75, 3.05) is 38.2 Å². The molecule has 0 radical (unpaired) electrons. The quantitative estimate of drug-likeness (QED) is 0.551. The third-order valence-corrected chi connectivity index (χ3v) is 5.81. The van der Waals surface area contributed by atoms with Crippen LogP contribution in [-0.2, 0) is 6.61 Å². The molecule has 1 fully saturated rings. The smallest absolute Gasteiger partial charge is 0.253 e. The van der Waals surface area contributed by atoms with E-state index in [9.17, 15) is 4.79 Å². The minimum Gasteiger partial charge on any atom is -0.495 e. The largest absolute Gasteiger partial charge is 0.495 e. The maximum absolute atomic E-state index is 12.9. The first-order chi connectivity index (χ1) is 15.2. The van der Waals surface area contributed by atoms with E-state index in [0.717, 1.165) is 30.1 Å². The Kier molecular flexibility index (Phi) is 6.63. The molecule has 1 amide bonds. The fourth-order valence-electron chi connectivity index (χ4n) is 3.69. The molecule has 0 aliphatic carbocycles. The summed E-state index contributed by atoms with van der Waals surface area (Å²) < 4.78 is 11.3. The van der Waals surface area contributed by atoms with Crippen molar-refractivity contribution in [1.82, 2.24) is 4.90 Å². The van der Waals surface area contributed by atoms with Crippen molar-refractivity contribution < 1.29 is 14.3 Å². The number of nitrogens with zero attached hydrogens (tertiary/aromatic N) is 2. The van der Waals surface area contributed by atoms with Gasteiger partial charge in [0.1, 0.15) is 18.1 Å². The van der Waals surface area contributed by atoms with Crippen LogP contribution in [0.5, 0.6) is 11.5 Å². The number of para-hydroxylation sites is 2. The van der Waals surface area contributed by atoms with Crippen molar-refractivity contribution in [3.8, 4) is 11.5 Å². The Morgan fingerprint density at radius 3 is 2.29 bits per heavy atom. The van der Waals surface area contributed by atoms with Crippen molar-refractivity contribution in [1.29, 1.82) is 0 Å². The van der Waals surface area contributed by atoms with Crippen LogP contribution in [-0.4, -0.2) is 44.1 Å². The minimum atomic E-state index is 0.0392. The molecule has 31 heavy (non-hydrogen) atoms. The van der Waals surface area contributed by atoms with Gasteiger partial charge in [-0.05, 0) is 42.5 Å². The molecule has 0 aromatic heterocycles. The van der Waals surface area contributed by atoms with Crippen molar-refractivity contribution in [2.45, 2.75) is 6.61 Å². The van der Waals surface area contributed by atoms with Gasteiger partial charge in [0, 0.05) is 42.3 Å². The number of rotatable bonds is 6. The molecular weight excluding hydrogens is 412 g/mol. The van der Waals surface area contributed by atoms with Gasteiger partial charge in [0.25, 0.3) is 5.91 Å². The van der Waals surface area contributed by atoms with Gasteiger partial charge in [0.05, 0.1) is 12.8 Å². The standard InChI is InChI=1S/C25H25ClN2O3/c1-30-24-9-5-4-8-23(24)27-14-16-28(17-15-27)25(29)19-10-12-21(13-11-19)31-18-20-6-2-3-7-22(20)26/h2-13H,14-18H2,1H3. The Bertz CT molecular complexity index is 1030. The summed E-state index contributed by atoms with van der Waals surface area (Å²) in [6.45, 7) is 3.26. The number of carbonyl (C=O) groups is 1. The summed E-state index contributed by atoms with van der Waals surface area (Å²) >= 11 is 6.17. The van der Waals surface area contributed by atoms with Crippen LogP contribution in [0.15, 0.2) is 72.8 Å². The number of carbonyl (C=O) groups excluding carboxylic acids is 1. The molecule has 4 rings (SSSR count). The maximum Gasteiger partial charge on any atom is 0.253 e. The fraction of sp³-hybridized carbons (Fsp3) is 0.240. The maximum atomic E-state index is 12.9. The number of methoxy groups -OCH3 is 1. The predicted octanol–water partition coefficient (Wildman–Crippen LogP) is 4.89. The van der Waals surface area contributed by atoms with E-state index in [0.29, 0.717) is 36.0 Å². The van der Waals surface area contributed by atoms with Crippen LogP contribution in [0.4, 0.5) is 5.69 Å². The van der Waals surface area contributed by atoms with Gasteiger partial charge < -0.3 is 19.3 Å². The second-order valence-electron chi connectivity index (χ2n) is 7.36. The lowest BCUT2D eigenvalue weighted by atomic mass is 10.1. The van der Waals surface area contributed by atoms with E-state index >= 15 is 0 Å². The highest BCUT2D eigenvalue weighted by Crippen LogP contribution is 2.28. The third-order valence-electron chi connectivity index (χ3n) is 5.45. The molecule has 6 heteroatoms. The van der Waals surface area contributed by atoms with Gasteiger partial charge >= 0.3 is 0 Å². The number of benzene rings is 3. The molecule has 0 unspecified atom stereocenters. The highest BCUT2D eigenvalue weighted by atomic mass is 35.5. The first-order valence-electron chi connectivity index (χ1n) is 10.3. The summed E-state index contributed by atoms with van der Waals surface area (Å²) in [4.78, 5) is 17.1. The van der Waals surface area contributed by atoms with E-state index in [2.05, 4.69) is 11.0 Å². The Balaban J connectivity index is 1.33. The van der Waals surface area contributed by atoms with Crippen molar-refractivity contribution in [2.24, 2.45) is 0 Å². The molecule has 5 nitrogen and oxygen atoms in total. The van der Waals surface area contributed by atoms with E-state index < -0.39 is 0 Å². The van der Waals surface area contributed by atoms with Crippen LogP contribution in [0.1, 0.15) is 15.9 Å². The fourth-order valence-corrected chi connectivity index (χ4v) is 3.88. The van der Waals surface area contributed by atoms with Crippen LogP contribution in [0.2, 0.25) is 5.02 Å². The number of hydrogen-bond acceptors (Lipinski definition) is 4. The lowest BCUT2D eigenvalue weighted by Crippen LogP contribution is -2.48. The topological polar surface area (TPSA) is 42.0 Å². The second kappa shape index (κ2) is 9.75. The summed E-state index contributed by atoms with van der Waals surface area (Å²) in [5, 5.41) is 0.682. The lowest BCUT2D eigenvalue weighted by molar-refractivity contribution is 0.0746. The van der Waals surface area contributed by atoms with Gasteiger partial charge in [0.15, 0.2) is 0 Å². The Morgan fingerprint density at radius 1 is 0.903 bits per heavy atom. The van der Waals surface area contributed by atoms with Crippen LogP contribution in [0, 0.1) is 0 Å². The molecule has 1 aliphatic rings. The van der Waals surface area contributed by atoms with Crippen LogP contribution in [0.25, 0.3) is 0 Å². The summed E-state index contributed by atoms with van der Waals surface area (Å²) in [5.41, 5.74) is 2.66. The molecule has 0 N–H and O–H groups in total. The Morgan fingerprint density at radius 2 is 1.58 bits per heavy atom. The van der Waals surface area contributed by atoms with Gasteiger partial charge in [-0.2, -0.15) is 0 Å². The predicted molar refractivity (Wildman–Crippen MR) is 123 cm³/mol. The third kappa shape index (κ3) is 4.94. The monoisotopic (exact) mass is 436 g/mol. The van der Waals surface area contributed by atoms with Crippen molar-refractivity contribution in [3.63, 3.8) is 0 Å². The zero-order valence-electron chi connectivity index (χ0n) is 17.5. The molecule has 0 spiro atoms. The second-order valence-corrected chi connectivity index (χ2v) is 7.76.